The highest BCUT2D eigenvalue weighted by Crippen LogP contribution is 2.12. The largest absolute Gasteiger partial charge is 0.480 e. The van der Waals surface area contributed by atoms with E-state index in [4.69, 9.17) is 15.3 Å². The molecule has 1 atom stereocenters. The monoisotopic (exact) mass is 233 g/mol. The van der Waals surface area contributed by atoms with Crippen LogP contribution in [0.4, 0.5) is 0 Å². The van der Waals surface area contributed by atoms with Crippen LogP contribution in [-0.4, -0.2) is 17.1 Å². The zero-order chi connectivity index (χ0) is 12.4. The van der Waals surface area contributed by atoms with E-state index >= 15 is 0 Å². The first-order chi connectivity index (χ1) is 8.08. The Bertz CT molecular complexity index is 617. The predicted molar refractivity (Wildman–Crippen MR) is 61.8 cm³/mol. The molecule has 3 N–H and O–H groups in total. The summed E-state index contributed by atoms with van der Waals surface area (Å²) in [4.78, 5) is 22.3. The van der Waals surface area contributed by atoms with E-state index < -0.39 is 12.0 Å². The Hall–Kier alpha value is -2.14. The maximum atomic E-state index is 11.7. The maximum Gasteiger partial charge on any atom is 0.320 e. The SMILES string of the molecule is NC(Cc1cc(=O)c2ccccc2o1)C(=O)O. The molecule has 1 unspecified atom stereocenters. The quantitative estimate of drug-likeness (QED) is 0.815. The molecule has 2 aromatic rings. The van der Waals surface area contributed by atoms with Crippen molar-refractivity contribution in [3.63, 3.8) is 0 Å². The molecule has 1 heterocycles. The smallest absolute Gasteiger partial charge is 0.320 e. The Morgan fingerprint density at radius 3 is 2.82 bits per heavy atom. The van der Waals surface area contributed by atoms with Gasteiger partial charge < -0.3 is 15.3 Å². The molecule has 1 aromatic heterocycles. The molecule has 0 radical (unpaired) electrons. The highest BCUT2D eigenvalue weighted by molar-refractivity contribution is 5.76. The number of aliphatic carboxylic acids is 1. The number of rotatable bonds is 3. The molecule has 0 bridgehead atoms. The minimum atomic E-state index is -1.12. The van der Waals surface area contributed by atoms with Crippen LogP contribution in [0.2, 0.25) is 0 Å². The fourth-order valence-corrected chi connectivity index (χ4v) is 1.56. The van der Waals surface area contributed by atoms with Gasteiger partial charge in [0.05, 0.1) is 5.39 Å². The van der Waals surface area contributed by atoms with Gasteiger partial charge in [0.15, 0.2) is 5.43 Å². The molecule has 0 saturated carbocycles. The Kier molecular flexibility index (Phi) is 2.93. The van der Waals surface area contributed by atoms with Crippen LogP contribution in [0.3, 0.4) is 0 Å². The first kappa shape index (κ1) is 11.3. The fourth-order valence-electron chi connectivity index (χ4n) is 1.56. The van der Waals surface area contributed by atoms with E-state index in [0.29, 0.717) is 11.0 Å². The first-order valence-electron chi connectivity index (χ1n) is 5.08. The zero-order valence-electron chi connectivity index (χ0n) is 8.92. The molecule has 0 saturated heterocycles. The van der Waals surface area contributed by atoms with E-state index in [1.165, 1.54) is 6.07 Å². The predicted octanol–water partition coefficient (Wildman–Crippen LogP) is 0.747. The van der Waals surface area contributed by atoms with Gasteiger partial charge in [-0.1, -0.05) is 12.1 Å². The van der Waals surface area contributed by atoms with Crippen LogP contribution in [0.5, 0.6) is 0 Å². The number of hydrogen-bond acceptors (Lipinski definition) is 4. The third-order valence-electron chi connectivity index (χ3n) is 2.42. The lowest BCUT2D eigenvalue weighted by molar-refractivity contribution is -0.138. The van der Waals surface area contributed by atoms with E-state index in [1.54, 1.807) is 24.3 Å². The number of fused-ring (bicyclic) bond motifs is 1. The van der Waals surface area contributed by atoms with Gasteiger partial charge in [0.2, 0.25) is 0 Å². The summed E-state index contributed by atoms with van der Waals surface area (Å²) in [6, 6.07) is 7.01. The summed E-state index contributed by atoms with van der Waals surface area (Å²) in [5, 5.41) is 9.15. The van der Waals surface area contributed by atoms with Crippen molar-refractivity contribution >= 4 is 16.9 Å². The summed E-state index contributed by atoms with van der Waals surface area (Å²) in [6.45, 7) is 0. The highest BCUT2D eigenvalue weighted by atomic mass is 16.4. The van der Waals surface area contributed by atoms with Crippen LogP contribution in [0.1, 0.15) is 5.76 Å². The molecule has 0 aliphatic rings. The van der Waals surface area contributed by atoms with Gasteiger partial charge in [-0.2, -0.15) is 0 Å². The van der Waals surface area contributed by atoms with E-state index in [9.17, 15) is 9.59 Å². The average Bonchev–Trinajstić information content (AvgIpc) is 2.29. The van der Waals surface area contributed by atoms with Gasteiger partial charge >= 0.3 is 5.97 Å². The van der Waals surface area contributed by atoms with Crippen molar-refractivity contribution in [2.75, 3.05) is 0 Å². The number of carbonyl (C=O) groups is 1. The van der Waals surface area contributed by atoms with Gasteiger partial charge in [0.25, 0.3) is 0 Å². The molecule has 0 fully saturated rings. The van der Waals surface area contributed by atoms with Crippen molar-refractivity contribution < 1.29 is 14.3 Å². The minimum Gasteiger partial charge on any atom is -0.480 e. The van der Waals surface area contributed by atoms with E-state index in [1.807, 2.05) is 0 Å². The van der Waals surface area contributed by atoms with Gasteiger partial charge in [-0.15, -0.1) is 0 Å². The molecule has 0 aliphatic carbocycles. The Morgan fingerprint density at radius 2 is 2.12 bits per heavy atom. The molecule has 0 amide bonds. The van der Waals surface area contributed by atoms with Gasteiger partial charge in [0, 0.05) is 12.5 Å². The molecule has 0 aliphatic heterocycles. The molecular weight excluding hydrogens is 222 g/mol. The van der Waals surface area contributed by atoms with Crippen molar-refractivity contribution in [2.45, 2.75) is 12.5 Å². The standard InChI is InChI=1S/C12H11NO4/c13-9(12(15)16)5-7-6-10(14)8-3-1-2-4-11(8)17-7/h1-4,6,9H,5,13H2,(H,15,16). The molecule has 5 heteroatoms. The molecular formula is C12H11NO4. The summed E-state index contributed by atoms with van der Waals surface area (Å²) in [7, 11) is 0. The Morgan fingerprint density at radius 1 is 1.41 bits per heavy atom. The average molecular weight is 233 g/mol. The first-order valence-corrected chi connectivity index (χ1v) is 5.08. The fraction of sp³-hybridized carbons (Fsp3) is 0.167. The zero-order valence-corrected chi connectivity index (χ0v) is 8.92. The number of benzene rings is 1. The topological polar surface area (TPSA) is 93.5 Å². The highest BCUT2D eigenvalue weighted by Gasteiger charge is 2.14. The molecule has 2 rings (SSSR count). The van der Waals surface area contributed by atoms with Crippen LogP contribution in [0.15, 0.2) is 39.5 Å². The van der Waals surface area contributed by atoms with Gasteiger partial charge in [-0.25, -0.2) is 0 Å². The van der Waals surface area contributed by atoms with Crippen LogP contribution < -0.4 is 11.2 Å². The molecule has 1 aromatic carbocycles. The van der Waals surface area contributed by atoms with Crippen molar-refractivity contribution in [2.24, 2.45) is 5.73 Å². The number of carboxylic acid groups (broad SMARTS) is 1. The van der Waals surface area contributed by atoms with Crippen LogP contribution in [-0.2, 0) is 11.2 Å². The van der Waals surface area contributed by atoms with E-state index in [-0.39, 0.29) is 17.6 Å². The third kappa shape index (κ3) is 2.34. The third-order valence-corrected chi connectivity index (χ3v) is 2.42. The van der Waals surface area contributed by atoms with Crippen molar-refractivity contribution in [1.82, 2.24) is 0 Å². The lowest BCUT2D eigenvalue weighted by atomic mass is 10.1. The Labute approximate surface area is 96.5 Å². The second-order valence-electron chi connectivity index (χ2n) is 3.72. The van der Waals surface area contributed by atoms with Crippen LogP contribution in [0.25, 0.3) is 11.0 Å². The van der Waals surface area contributed by atoms with Crippen LogP contribution >= 0.6 is 0 Å². The van der Waals surface area contributed by atoms with Gasteiger partial charge in [-0.05, 0) is 12.1 Å². The molecule has 5 nitrogen and oxygen atoms in total. The number of carboxylic acids is 1. The minimum absolute atomic E-state index is 0.00456. The van der Waals surface area contributed by atoms with Crippen molar-refractivity contribution in [3.05, 3.63) is 46.3 Å². The number of para-hydroxylation sites is 1. The number of hydrogen-bond donors (Lipinski definition) is 2. The summed E-state index contributed by atoms with van der Waals surface area (Å²) >= 11 is 0. The van der Waals surface area contributed by atoms with Crippen molar-refractivity contribution in [3.8, 4) is 0 Å². The summed E-state index contributed by atoms with van der Waals surface area (Å²) in [5.74, 6) is -0.843. The molecule has 88 valence electrons. The normalized spacial score (nSPS) is 12.5. The van der Waals surface area contributed by atoms with E-state index in [2.05, 4.69) is 0 Å². The summed E-state index contributed by atoms with van der Waals surface area (Å²) in [6.07, 6.45) is -0.00456. The maximum absolute atomic E-state index is 11.7. The molecule has 17 heavy (non-hydrogen) atoms. The van der Waals surface area contributed by atoms with Crippen molar-refractivity contribution in [1.29, 1.82) is 0 Å². The lowest BCUT2D eigenvalue weighted by Gasteiger charge is -2.06. The molecule has 0 spiro atoms. The number of nitrogens with two attached hydrogens (primary N) is 1. The second kappa shape index (κ2) is 4.39. The van der Waals surface area contributed by atoms with Crippen LogP contribution in [0, 0.1) is 0 Å². The summed E-state index contributed by atoms with van der Waals surface area (Å²) < 4.78 is 5.42. The van der Waals surface area contributed by atoms with Gasteiger partial charge in [-0.3, -0.25) is 9.59 Å². The van der Waals surface area contributed by atoms with E-state index in [0.717, 1.165) is 0 Å². The summed E-state index contributed by atoms with van der Waals surface area (Å²) in [5.41, 5.74) is 5.62. The van der Waals surface area contributed by atoms with Gasteiger partial charge in [0.1, 0.15) is 17.4 Å². The lowest BCUT2D eigenvalue weighted by Crippen LogP contribution is -2.32. The second-order valence-corrected chi connectivity index (χ2v) is 3.72. The Balaban J connectivity index is 2.44.